The minimum Gasteiger partial charge on any atom is -1.00 e. The van der Waals surface area contributed by atoms with Gasteiger partial charge in [-0.05, 0) is 0 Å². The second kappa shape index (κ2) is 8.44. The molecule has 8 heteroatoms. The van der Waals surface area contributed by atoms with Gasteiger partial charge in [0.05, 0.1) is 0 Å². The molecule has 0 bridgehead atoms. The number of hydrogen-bond acceptors (Lipinski definition) is 3. The molecule has 3 N–H and O–H groups in total. The van der Waals surface area contributed by atoms with Crippen LogP contribution in [0.15, 0.2) is 0 Å². The molecule has 11 heavy (non-hydrogen) atoms. The van der Waals surface area contributed by atoms with Crippen molar-refractivity contribution in [2.24, 2.45) is 0 Å². The normalized spacial score (nSPS) is 8.64. The van der Waals surface area contributed by atoms with Gasteiger partial charge in [-0.25, -0.2) is 0 Å². The molecular weight excluding hydrogens is 187 g/mol. The summed E-state index contributed by atoms with van der Waals surface area (Å²) in [5.74, 6) is -0.745. The van der Waals surface area contributed by atoms with Crippen LogP contribution in [0.25, 0.3) is 0 Å². The van der Waals surface area contributed by atoms with Crippen molar-refractivity contribution in [1.29, 1.82) is 0 Å². The van der Waals surface area contributed by atoms with Gasteiger partial charge in [0.15, 0.2) is 0 Å². The van der Waals surface area contributed by atoms with E-state index in [1.807, 2.05) is 0 Å². The van der Waals surface area contributed by atoms with E-state index >= 15 is 0 Å². The molecule has 0 unspecified atom stereocenters. The Kier molecular flexibility index (Phi) is 13.4. The van der Waals surface area contributed by atoms with Crippen LogP contribution < -0.4 is 29.6 Å². The summed E-state index contributed by atoms with van der Waals surface area (Å²) >= 11 is 0. The van der Waals surface area contributed by atoms with E-state index in [1.54, 1.807) is 6.92 Å². The van der Waals surface area contributed by atoms with Crippen LogP contribution in [0.1, 0.15) is 14.8 Å². The van der Waals surface area contributed by atoms with Crippen molar-refractivity contribution in [2.45, 2.75) is 13.3 Å². The maximum absolute atomic E-state index is 9.37. The van der Waals surface area contributed by atoms with Crippen LogP contribution >= 0.6 is 0 Å². The van der Waals surface area contributed by atoms with Gasteiger partial charge < -0.3 is 6.53 Å². The third-order valence-electron chi connectivity index (χ3n) is 0.302. The molecule has 0 aromatic carbocycles. The first-order valence-corrected chi connectivity index (χ1v) is 3.58. The Hall–Kier alpha value is 0.340. The van der Waals surface area contributed by atoms with Gasteiger partial charge in [-0.2, -0.15) is 8.42 Å². The molecule has 6 nitrogen and oxygen atoms in total. The monoisotopic (exact) mass is 196 g/mol. The fourth-order valence-electron chi connectivity index (χ4n) is 0. The van der Waals surface area contributed by atoms with Gasteiger partial charge in [-0.15, -0.1) is 0 Å². The number of aliphatic carboxylic acids is 1. The summed E-state index contributed by atoms with van der Waals surface area (Å²) in [5.41, 5.74) is 0. The van der Waals surface area contributed by atoms with Crippen LogP contribution in [-0.2, 0) is 15.2 Å². The molecule has 0 amide bonds. The average Bonchev–Trinajstić information content (AvgIpc) is 1.61. The number of hydrogen-bond donors (Lipinski definition) is 3. The van der Waals surface area contributed by atoms with Gasteiger partial charge in [0.25, 0.3) is 0 Å². The zero-order chi connectivity index (χ0) is 8.78. The van der Waals surface area contributed by atoms with Crippen molar-refractivity contribution in [3.05, 3.63) is 0 Å². The van der Waals surface area contributed by atoms with Crippen LogP contribution in [0.3, 0.4) is 0 Å². The Morgan fingerprint density at radius 2 is 1.55 bits per heavy atom. The zero-order valence-corrected chi connectivity index (χ0v) is 9.00. The first kappa shape index (κ1) is 17.4. The van der Waals surface area contributed by atoms with Crippen molar-refractivity contribution < 1.29 is 58.4 Å². The van der Waals surface area contributed by atoms with E-state index in [4.69, 9.17) is 22.6 Å². The van der Waals surface area contributed by atoms with Crippen LogP contribution in [0.2, 0.25) is 0 Å². The number of carboxylic acid groups (broad SMARTS) is 1. The molecule has 0 rings (SSSR count). The minimum atomic E-state index is -4.67. The van der Waals surface area contributed by atoms with Gasteiger partial charge >= 0.3 is 45.9 Å². The predicted molar refractivity (Wildman–Crippen MR) is 33.2 cm³/mol. The molecule has 0 heterocycles. The predicted octanol–water partition coefficient (Wildman–Crippen LogP) is -3.06. The SMILES string of the molecule is CCC(=O)O.O=S(=O)(O)O.[H-].[Na+]. The van der Waals surface area contributed by atoms with E-state index in [9.17, 15) is 4.79 Å². The first-order chi connectivity index (χ1) is 4.27. The number of carboxylic acids is 1. The Labute approximate surface area is 88.0 Å². The Morgan fingerprint density at radius 3 is 1.55 bits per heavy atom. The maximum atomic E-state index is 9.37. The number of rotatable bonds is 1. The van der Waals surface area contributed by atoms with Crippen LogP contribution in [-0.4, -0.2) is 28.6 Å². The van der Waals surface area contributed by atoms with Crippen LogP contribution in [0, 0.1) is 0 Å². The van der Waals surface area contributed by atoms with Crippen molar-refractivity contribution in [3.8, 4) is 0 Å². The molecular formula is C3H9NaO6S. The fourth-order valence-corrected chi connectivity index (χ4v) is 0. The molecule has 64 valence electrons. The maximum Gasteiger partial charge on any atom is 1.00 e. The summed E-state index contributed by atoms with van der Waals surface area (Å²) in [6, 6.07) is 0. The smallest absolute Gasteiger partial charge is 1.00 e. The Balaban J connectivity index is -0.0000000457. The first-order valence-electron chi connectivity index (χ1n) is 2.19. The summed E-state index contributed by atoms with van der Waals surface area (Å²) < 4.78 is 31.6. The second-order valence-corrected chi connectivity index (χ2v) is 2.09. The molecule has 0 aromatic heterocycles. The summed E-state index contributed by atoms with van der Waals surface area (Å²) in [5, 5.41) is 7.72. The largest absolute Gasteiger partial charge is 1.00 e. The molecule has 0 radical (unpaired) electrons. The summed E-state index contributed by atoms with van der Waals surface area (Å²) in [6.07, 6.45) is 0.222. The summed E-state index contributed by atoms with van der Waals surface area (Å²) in [7, 11) is -4.67. The van der Waals surface area contributed by atoms with Crippen molar-refractivity contribution >= 4 is 16.4 Å². The van der Waals surface area contributed by atoms with Gasteiger partial charge in [-0.1, -0.05) is 6.92 Å². The van der Waals surface area contributed by atoms with Gasteiger partial charge in [0, 0.05) is 6.42 Å². The average molecular weight is 196 g/mol. The van der Waals surface area contributed by atoms with E-state index in [1.165, 1.54) is 0 Å². The van der Waals surface area contributed by atoms with Crippen molar-refractivity contribution in [1.82, 2.24) is 0 Å². The standard InChI is InChI=1S/C3H6O2.Na.H2O4S.H/c1-2-3(4)5;;1-5(2,3)4;/h2H2,1H3,(H,4,5);;(H2,1,2,3,4);/q;+1;;-1. The molecule has 0 saturated heterocycles. The molecule has 0 saturated carbocycles. The third kappa shape index (κ3) is 131. The zero-order valence-electron chi connectivity index (χ0n) is 7.18. The molecule has 0 aliphatic heterocycles. The third-order valence-corrected chi connectivity index (χ3v) is 0.302. The number of carbonyl (C=O) groups is 1. The van der Waals surface area contributed by atoms with Gasteiger partial charge in [0.2, 0.25) is 0 Å². The second-order valence-electron chi connectivity index (χ2n) is 1.20. The summed E-state index contributed by atoms with van der Waals surface area (Å²) in [6.45, 7) is 1.60. The fraction of sp³-hybridized carbons (Fsp3) is 0.667. The Bertz CT molecular complexity index is 181. The topological polar surface area (TPSA) is 112 Å². The van der Waals surface area contributed by atoms with Crippen molar-refractivity contribution in [3.63, 3.8) is 0 Å². The minimum absolute atomic E-state index is 0. The molecule has 0 spiro atoms. The van der Waals surface area contributed by atoms with Crippen LogP contribution in [0.4, 0.5) is 0 Å². The summed E-state index contributed by atoms with van der Waals surface area (Å²) in [4.78, 5) is 9.37. The van der Waals surface area contributed by atoms with E-state index in [2.05, 4.69) is 0 Å². The molecule has 0 aromatic rings. The van der Waals surface area contributed by atoms with E-state index in [0.29, 0.717) is 0 Å². The van der Waals surface area contributed by atoms with E-state index in [0.717, 1.165) is 0 Å². The quantitative estimate of drug-likeness (QED) is 0.303. The van der Waals surface area contributed by atoms with Gasteiger partial charge in [0.1, 0.15) is 0 Å². The van der Waals surface area contributed by atoms with E-state index < -0.39 is 16.4 Å². The molecule has 0 aliphatic rings. The van der Waals surface area contributed by atoms with Crippen molar-refractivity contribution in [2.75, 3.05) is 0 Å². The Morgan fingerprint density at radius 1 is 1.45 bits per heavy atom. The van der Waals surface area contributed by atoms with Gasteiger partial charge in [-0.3, -0.25) is 13.9 Å². The van der Waals surface area contributed by atoms with Crippen LogP contribution in [0.5, 0.6) is 0 Å². The van der Waals surface area contributed by atoms with E-state index in [-0.39, 0.29) is 37.4 Å². The molecule has 0 atom stereocenters. The molecule has 0 fully saturated rings. The molecule has 0 aliphatic carbocycles.